The molecule has 2 aromatic rings. The summed E-state index contributed by atoms with van der Waals surface area (Å²) in [6, 6.07) is 5.99. The van der Waals surface area contributed by atoms with Crippen molar-refractivity contribution in [1.82, 2.24) is 9.61 Å². The van der Waals surface area contributed by atoms with Gasteiger partial charge in [0.25, 0.3) is 0 Å². The van der Waals surface area contributed by atoms with Crippen LogP contribution >= 0.6 is 0 Å². The number of carbonyl (C=O) groups excluding carboxylic acids is 1. The van der Waals surface area contributed by atoms with Crippen LogP contribution in [0, 0.1) is 6.92 Å². The summed E-state index contributed by atoms with van der Waals surface area (Å²) in [5, 5.41) is 4.31. The summed E-state index contributed by atoms with van der Waals surface area (Å²) in [5.74, 6) is 0.144. The molecule has 0 saturated heterocycles. The van der Waals surface area contributed by atoms with E-state index in [9.17, 15) is 4.79 Å². The molecule has 0 atom stereocenters. The molecule has 0 aliphatic heterocycles. The fourth-order valence-electron chi connectivity index (χ4n) is 1.48. The van der Waals surface area contributed by atoms with E-state index in [4.69, 9.17) is 0 Å². The fraction of sp³-hybridized carbons (Fsp3) is 0.273. The molecule has 0 aliphatic carbocycles. The maximum absolute atomic E-state index is 10.9. The van der Waals surface area contributed by atoms with E-state index in [0.29, 0.717) is 6.42 Å². The second kappa shape index (κ2) is 3.25. The number of carbonyl (C=O) groups is 1. The molecule has 2 rings (SSSR count). The first-order valence-electron chi connectivity index (χ1n) is 4.59. The Hall–Kier alpha value is -1.64. The summed E-state index contributed by atoms with van der Waals surface area (Å²) >= 11 is 0. The van der Waals surface area contributed by atoms with E-state index < -0.39 is 0 Å². The van der Waals surface area contributed by atoms with Crippen molar-refractivity contribution in [3.63, 3.8) is 0 Å². The van der Waals surface area contributed by atoms with Gasteiger partial charge in [-0.2, -0.15) is 5.10 Å². The molecule has 2 aromatic heterocycles. The quantitative estimate of drug-likeness (QED) is 0.719. The van der Waals surface area contributed by atoms with Crippen molar-refractivity contribution in [2.75, 3.05) is 0 Å². The van der Waals surface area contributed by atoms with Crippen LogP contribution in [0.5, 0.6) is 0 Å². The highest BCUT2D eigenvalue weighted by Crippen LogP contribution is 2.08. The lowest BCUT2D eigenvalue weighted by molar-refractivity contribution is -0.116. The first-order chi connectivity index (χ1) is 6.65. The lowest BCUT2D eigenvalue weighted by atomic mass is 10.2. The molecule has 2 heterocycles. The van der Waals surface area contributed by atoms with E-state index >= 15 is 0 Å². The van der Waals surface area contributed by atoms with Gasteiger partial charge in [-0.25, -0.2) is 4.52 Å². The maximum atomic E-state index is 10.9. The van der Waals surface area contributed by atoms with Gasteiger partial charge in [-0.05, 0) is 31.5 Å². The Labute approximate surface area is 82.4 Å². The van der Waals surface area contributed by atoms with Crippen LogP contribution in [0.3, 0.4) is 0 Å². The molecule has 0 saturated carbocycles. The fourth-order valence-corrected chi connectivity index (χ4v) is 1.48. The van der Waals surface area contributed by atoms with Crippen LogP contribution in [0.25, 0.3) is 5.52 Å². The Morgan fingerprint density at radius 1 is 1.50 bits per heavy atom. The number of rotatable bonds is 2. The van der Waals surface area contributed by atoms with E-state index in [2.05, 4.69) is 5.10 Å². The SMILES string of the molecule is CC(=O)Cc1cc2ccc(C)cn2n1. The number of hydrogen-bond donors (Lipinski definition) is 0. The topological polar surface area (TPSA) is 34.4 Å². The lowest BCUT2D eigenvalue weighted by Crippen LogP contribution is -1.97. The number of ketones is 1. The minimum Gasteiger partial charge on any atom is -0.300 e. The number of hydrogen-bond acceptors (Lipinski definition) is 2. The van der Waals surface area contributed by atoms with E-state index in [-0.39, 0.29) is 5.78 Å². The zero-order chi connectivity index (χ0) is 10.1. The maximum Gasteiger partial charge on any atom is 0.135 e. The Morgan fingerprint density at radius 2 is 2.29 bits per heavy atom. The third kappa shape index (κ3) is 1.66. The average Bonchev–Trinajstić information content (AvgIpc) is 2.44. The molecule has 3 heteroatoms. The van der Waals surface area contributed by atoms with Crippen LogP contribution in [0.1, 0.15) is 18.2 Å². The van der Waals surface area contributed by atoms with Crippen molar-refractivity contribution in [2.45, 2.75) is 20.3 Å². The van der Waals surface area contributed by atoms with Crippen molar-refractivity contribution in [3.05, 3.63) is 35.7 Å². The highest BCUT2D eigenvalue weighted by Gasteiger charge is 2.03. The molecular weight excluding hydrogens is 176 g/mol. The first-order valence-corrected chi connectivity index (χ1v) is 4.59. The largest absolute Gasteiger partial charge is 0.300 e. The molecule has 0 aliphatic rings. The van der Waals surface area contributed by atoms with Crippen LogP contribution in [0.15, 0.2) is 24.4 Å². The van der Waals surface area contributed by atoms with E-state index in [1.807, 2.05) is 35.8 Å². The smallest absolute Gasteiger partial charge is 0.135 e. The molecule has 72 valence electrons. The molecule has 0 radical (unpaired) electrons. The Bertz CT molecular complexity index is 485. The second-order valence-corrected chi connectivity index (χ2v) is 3.59. The average molecular weight is 188 g/mol. The molecule has 14 heavy (non-hydrogen) atoms. The van der Waals surface area contributed by atoms with Gasteiger partial charge < -0.3 is 0 Å². The van der Waals surface area contributed by atoms with Gasteiger partial charge in [-0.15, -0.1) is 0 Å². The van der Waals surface area contributed by atoms with Crippen LogP contribution in [0.4, 0.5) is 0 Å². The van der Waals surface area contributed by atoms with Crippen LogP contribution in [-0.4, -0.2) is 15.4 Å². The zero-order valence-corrected chi connectivity index (χ0v) is 8.32. The summed E-state index contributed by atoms with van der Waals surface area (Å²) in [4.78, 5) is 10.9. The minimum absolute atomic E-state index is 0.144. The van der Waals surface area contributed by atoms with Gasteiger partial charge in [0.2, 0.25) is 0 Å². The Kier molecular flexibility index (Phi) is 2.08. The standard InChI is InChI=1S/C11H12N2O/c1-8-3-4-11-6-10(5-9(2)14)12-13(11)7-8/h3-4,6-7H,5H2,1-2H3. The monoisotopic (exact) mass is 188 g/mol. The predicted molar refractivity (Wildman–Crippen MR) is 54.3 cm³/mol. The van der Waals surface area contributed by atoms with Crippen LogP contribution in [-0.2, 0) is 11.2 Å². The predicted octanol–water partition coefficient (Wildman–Crippen LogP) is 1.77. The Morgan fingerprint density at radius 3 is 3.00 bits per heavy atom. The zero-order valence-electron chi connectivity index (χ0n) is 8.32. The van der Waals surface area contributed by atoms with Crippen molar-refractivity contribution in [1.29, 1.82) is 0 Å². The highest BCUT2D eigenvalue weighted by atomic mass is 16.1. The second-order valence-electron chi connectivity index (χ2n) is 3.59. The number of nitrogens with zero attached hydrogens (tertiary/aromatic N) is 2. The van der Waals surface area contributed by atoms with Crippen molar-refractivity contribution < 1.29 is 4.79 Å². The highest BCUT2D eigenvalue weighted by molar-refractivity contribution is 5.78. The number of Topliss-reactive ketones (excluding diaryl/α,β-unsaturated/α-hetero) is 1. The summed E-state index contributed by atoms with van der Waals surface area (Å²) < 4.78 is 1.81. The van der Waals surface area contributed by atoms with Gasteiger partial charge in [-0.3, -0.25) is 4.79 Å². The number of fused-ring (bicyclic) bond motifs is 1. The van der Waals surface area contributed by atoms with Gasteiger partial charge in [0, 0.05) is 6.20 Å². The van der Waals surface area contributed by atoms with Gasteiger partial charge >= 0.3 is 0 Å². The molecule has 0 spiro atoms. The normalized spacial score (nSPS) is 10.7. The van der Waals surface area contributed by atoms with E-state index in [1.165, 1.54) is 0 Å². The third-order valence-corrected chi connectivity index (χ3v) is 2.09. The number of aryl methyl sites for hydroxylation is 1. The van der Waals surface area contributed by atoms with E-state index in [0.717, 1.165) is 16.8 Å². The third-order valence-electron chi connectivity index (χ3n) is 2.09. The van der Waals surface area contributed by atoms with Gasteiger partial charge in [0.1, 0.15) is 5.78 Å². The minimum atomic E-state index is 0.144. The van der Waals surface area contributed by atoms with Crippen molar-refractivity contribution >= 4 is 11.3 Å². The van der Waals surface area contributed by atoms with Crippen molar-refractivity contribution in [2.24, 2.45) is 0 Å². The molecule has 0 N–H and O–H groups in total. The molecule has 0 bridgehead atoms. The Balaban J connectivity index is 2.46. The molecule has 0 aromatic carbocycles. The number of pyridine rings is 1. The van der Waals surface area contributed by atoms with Crippen molar-refractivity contribution in [3.8, 4) is 0 Å². The number of aromatic nitrogens is 2. The summed E-state index contributed by atoms with van der Waals surface area (Å²) in [6.07, 6.45) is 2.37. The van der Waals surface area contributed by atoms with Crippen LogP contribution < -0.4 is 0 Å². The molecule has 0 unspecified atom stereocenters. The summed E-state index contributed by atoms with van der Waals surface area (Å²) in [6.45, 7) is 3.60. The van der Waals surface area contributed by atoms with Crippen LogP contribution in [0.2, 0.25) is 0 Å². The van der Waals surface area contributed by atoms with E-state index in [1.54, 1.807) is 6.92 Å². The molecule has 3 nitrogen and oxygen atoms in total. The van der Waals surface area contributed by atoms with Gasteiger partial charge in [0.15, 0.2) is 0 Å². The summed E-state index contributed by atoms with van der Waals surface area (Å²) in [5.41, 5.74) is 3.03. The lowest BCUT2D eigenvalue weighted by Gasteiger charge is -1.93. The first kappa shape index (κ1) is 8.94. The van der Waals surface area contributed by atoms with Gasteiger partial charge in [-0.1, -0.05) is 6.07 Å². The molecular formula is C11H12N2O. The summed E-state index contributed by atoms with van der Waals surface area (Å²) in [7, 11) is 0. The van der Waals surface area contributed by atoms with Gasteiger partial charge in [0.05, 0.1) is 17.6 Å². The molecule has 0 amide bonds. The molecule has 0 fully saturated rings.